The lowest BCUT2D eigenvalue weighted by molar-refractivity contribution is 0.519. The zero-order valence-electron chi connectivity index (χ0n) is 6.72. The molecule has 0 atom stereocenters. The van der Waals surface area contributed by atoms with Crippen LogP contribution in [0.5, 0.6) is 0 Å². The number of hydrogen-bond acceptors (Lipinski definition) is 2. The highest BCUT2D eigenvalue weighted by atomic mass is 33.1. The monoisotopic (exact) mass is 167 g/mol. The maximum absolute atomic E-state index is 4.52. The zero-order chi connectivity index (χ0) is 7.49. The zero-order valence-corrected chi connectivity index (χ0v) is 8.43. The van der Waals surface area contributed by atoms with E-state index in [9.17, 15) is 0 Å². The van der Waals surface area contributed by atoms with Crippen molar-refractivity contribution in [3.8, 4) is 0 Å². The summed E-state index contributed by atoms with van der Waals surface area (Å²) in [7, 11) is -0.737. The van der Waals surface area contributed by atoms with Crippen LogP contribution in [-0.4, -0.2) is 29.9 Å². The minimum atomic E-state index is -0.737. The number of hydrogen-bond donors (Lipinski definition) is 1. The van der Waals surface area contributed by atoms with Crippen LogP contribution in [0.15, 0.2) is 0 Å². The van der Waals surface area contributed by atoms with Gasteiger partial charge in [-0.2, -0.15) is 0 Å². The van der Waals surface area contributed by atoms with Crippen LogP contribution in [0.25, 0.3) is 0 Å². The molecular weight excluding hydrogens is 150 g/mol. The molecule has 0 bridgehead atoms. The third-order valence-corrected chi connectivity index (χ3v) is 3.81. The SMILES string of the molecule is CCN(CC)S(C)(C)S. The fraction of sp³-hybridized carbons (Fsp3) is 1.00. The van der Waals surface area contributed by atoms with Crippen molar-refractivity contribution >= 4 is 20.9 Å². The molecule has 0 N–H and O–H groups in total. The van der Waals surface area contributed by atoms with Gasteiger partial charge in [-0.05, 0) is 12.5 Å². The molecule has 0 rings (SSSR count). The molecule has 0 aromatic rings. The van der Waals surface area contributed by atoms with Gasteiger partial charge < -0.3 is 0 Å². The summed E-state index contributed by atoms with van der Waals surface area (Å²) in [6.07, 6.45) is 4.40. The van der Waals surface area contributed by atoms with Crippen molar-refractivity contribution in [3.05, 3.63) is 0 Å². The first-order valence-corrected chi connectivity index (χ1v) is 6.69. The summed E-state index contributed by atoms with van der Waals surface area (Å²) in [5, 5.41) is 0. The van der Waals surface area contributed by atoms with Gasteiger partial charge in [-0.1, -0.05) is 13.8 Å². The van der Waals surface area contributed by atoms with Gasteiger partial charge >= 0.3 is 0 Å². The van der Waals surface area contributed by atoms with Crippen molar-refractivity contribution in [3.63, 3.8) is 0 Å². The van der Waals surface area contributed by atoms with Gasteiger partial charge in [0, 0.05) is 13.1 Å². The van der Waals surface area contributed by atoms with Crippen molar-refractivity contribution in [2.24, 2.45) is 0 Å². The topological polar surface area (TPSA) is 3.24 Å². The van der Waals surface area contributed by atoms with Gasteiger partial charge in [0.1, 0.15) is 0 Å². The van der Waals surface area contributed by atoms with Crippen molar-refractivity contribution in [1.82, 2.24) is 4.31 Å². The fourth-order valence-electron chi connectivity index (χ4n) is 0.855. The van der Waals surface area contributed by atoms with Crippen LogP contribution in [0.3, 0.4) is 0 Å². The Labute approximate surface area is 65.1 Å². The van der Waals surface area contributed by atoms with E-state index in [1.165, 1.54) is 0 Å². The van der Waals surface area contributed by atoms with Crippen LogP contribution >= 0.6 is 20.9 Å². The molecule has 0 aromatic heterocycles. The van der Waals surface area contributed by atoms with Gasteiger partial charge in [-0.25, -0.2) is 0 Å². The molecule has 9 heavy (non-hydrogen) atoms. The molecule has 58 valence electrons. The Balaban J connectivity index is 3.79. The van der Waals surface area contributed by atoms with Crippen molar-refractivity contribution < 1.29 is 0 Å². The van der Waals surface area contributed by atoms with Gasteiger partial charge in [-0.15, -0.1) is 20.9 Å². The summed E-state index contributed by atoms with van der Waals surface area (Å²) in [6.45, 7) is 6.58. The van der Waals surface area contributed by atoms with E-state index in [1.54, 1.807) is 0 Å². The van der Waals surface area contributed by atoms with Crippen LogP contribution in [0.2, 0.25) is 0 Å². The second-order valence-electron chi connectivity index (χ2n) is 2.33. The predicted molar refractivity (Wildman–Crippen MR) is 51.3 cm³/mol. The molecule has 0 fully saturated rings. The maximum atomic E-state index is 4.52. The van der Waals surface area contributed by atoms with E-state index in [4.69, 9.17) is 0 Å². The molecular formula is C6H17NS2. The first-order chi connectivity index (χ1) is 4.02. The highest BCUT2D eigenvalue weighted by Gasteiger charge is 2.11. The highest BCUT2D eigenvalue weighted by Crippen LogP contribution is 2.47. The fourth-order valence-corrected chi connectivity index (χ4v) is 2.81. The van der Waals surface area contributed by atoms with Crippen LogP contribution < -0.4 is 0 Å². The molecule has 1 nitrogen and oxygen atoms in total. The maximum Gasteiger partial charge on any atom is 0.00530 e. The van der Waals surface area contributed by atoms with Crippen LogP contribution in [0, 0.1) is 0 Å². The Bertz CT molecular complexity index is 73.6. The number of nitrogens with zero attached hydrogens (tertiary/aromatic N) is 1. The van der Waals surface area contributed by atoms with E-state index in [1.807, 2.05) is 0 Å². The number of thiol groups is 1. The molecule has 0 spiro atoms. The van der Waals surface area contributed by atoms with Crippen molar-refractivity contribution in [2.75, 3.05) is 25.6 Å². The molecule has 0 aliphatic carbocycles. The third kappa shape index (κ3) is 3.38. The number of rotatable bonds is 3. The Morgan fingerprint density at radius 2 is 1.56 bits per heavy atom. The van der Waals surface area contributed by atoms with Gasteiger partial charge in [0.05, 0.1) is 0 Å². The van der Waals surface area contributed by atoms with E-state index in [0.29, 0.717) is 0 Å². The third-order valence-electron chi connectivity index (χ3n) is 1.34. The minimum absolute atomic E-state index is 0.737. The minimum Gasteiger partial charge on any atom is -0.260 e. The van der Waals surface area contributed by atoms with Crippen LogP contribution in [0.1, 0.15) is 13.8 Å². The van der Waals surface area contributed by atoms with E-state index >= 15 is 0 Å². The van der Waals surface area contributed by atoms with Gasteiger partial charge in [0.15, 0.2) is 0 Å². The normalized spacial score (nSPS) is 14.4. The standard InChI is InChI=1S/C6H17NS2/c1-5-7(6-2)9(3,4)8/h8H,5-6H2,1-4H3. The largest absolute Gasteiger partial charge is 0.260 e. The Hall–Kier alpha value is 0.660. The smallest absolute Gasteiger partial charge is 0.00530 e. The summed E-state index contributed by atoms with van der Waals surface area (Å²) in [4.78, 5) is 0. The average Bonchev–Trinajstić information content (AvgIpc) is 1.65. The van der Waals surface area contributed by atoms with Gasteiger partial charge in [0.2, 0.25) is 0 Å². The molecule has 0 amide bonds. The van der Waals surface area contributed by atoms with Gasteiger partial charge in [0.25, 0.3) is 0 Å². The highest BCUT2D eigenvalue weighted by molar-refractivity contribution is 8.86. The lowest BCUT2D eigenvalue weighted by Crippen LogP contribution is -2.22. The summed E-state index contributed by atoms with van der Waals surface area (Å²) >= 11 is 4.52. The molecule has 0 radical (unpaired) electrons. The Morgan fingerprint density at radius 3 is 1.56 bits per heavy atom. The first kappa shape index (κ1) is 9.66. The van der Waals surface area contributed by atoms with Crippen LogP contribution in [0.4, 0.5) is 0 Å². The lowest BCUT2D eigenvalue weighted by Gasteiger charge is -2.37. The molecule has 0 aromatic carbocycles. The molecule has 0 saturated carbocycles. The quantitative estimate of drug-likeness (QED) is 0.498. The molecule has 0 heterocycles. The summed E-state index contributed by atoms with van der Waals surface area (Å²) in [6, 6.07) is 0. The molecule has 0 aliphatic rings. The second-order valence-corrected chi connectivity index (χ2v) is 7.97. The first-order valence-electron chi connectivity index (χ1n) is 3.23. The summed E-state index contributed by atoms with van der Waals surface area (Å²) < 4.78 is 2.39. The average molecular weight is 167 g/mol. The van der Waals surface area contributed by atoms with Crippen molar-refractivity contribution in [2.45, 2.75) is 13.8 Å². The van der Waals surface area contributed by atoms with E-state index < -0.39 is 9.25 Å². The van der Waals surface area contributed by atoms with E-state index in [-0.39, 0.29) is 0 Å². The van der Waals surface area contributed by atoms with E-state index in [0.717, 1.165) is 13.1 Å². The predicted octanol–water partition coefficient (Wildman–Crippen LogP) is 2.15. The molecule has 3 heteroatoms. The van der Waals surface area contributed by atoms with Crippen LogP contribution in [-0.2, 0) is 0 Å². The lowest BCUT2D eigenvalue weighted by atomic mass is 10.7. The second kappa shape index (κ2) is 3.74. The van der Waals surface area contributed by atoms with Gasteiger partial charge in [-0.3, -0.25) is 4.31 Å². The van der Waals surface area contributed by atoms with Crippen molar-refractivity contribution in [1.29, 1.82) is 0 Å². The van der Waals surface area contributed by atoms with E-state index in [2.05, 4.69) is 42.3 Å². The Kier molecular flexibility index (Phi) is 4.01. The molecule has 0 aliphatic heterocycles. The Morgan fingerprint density at radius 1 is 1.22 bits per heavy atom. The summed E-state index contributed by atoms with van der Waals surface area (Å²) in [5.41, 5.74) is 0. The summed E-state index contributed by atoms with van der Waals surface area (Å²) in [5.74, 6) is 0. The molecule has 0 saturated heterocycles. The molecule has 0 unspecified atom stereocenters.